The molecule has 1 fully saturated rings. The zero-order chi connectivity index (χ0) is 17.9. The molecule has 0 bridgehead atoms. The average molecular weight is 407 g/mol. The molecular formula is C19H20Cl2N4O2. The van der Waals surface area contributed by atoms with Crippen LogP contribution in [0.15, 0.2) is 53.1 Å². The highest BCUT2D eigenvalue weighted by Crippen LogP contribution is 2.26. The van der Waals surface area contributed by atoms with Crippen LogP contribution in [0.25, 0.3) is 17.1 Å². The predicted octanol–water partition coefficient (Wildman–Crippen LogP) is 3.64. The summed E-state index contributed by atoms with van der Waals surface area (Å²) in [4.78, 5) is 14.8. The molecule has 1 amide bonds. The average Bonchev–Trinajstić information content (AvgIpc) is 3.25. The maximum absolute atomic E-state index is 12.9. The largest absolute Gasteiger partial charge is 0.463 e. The highest BCUT2D eigenvalue weighted by molar-refractivity contribution is 6.30. The van der Waals surface area contributed by atoms with Crippen LogP contribution in [0.5, 0.6) is 0 Å². The molecule has 27 heavy (non-hydrogen) atoms. The molecule has 3 aromatic rings. The topological polar surface area (TPSA) is 63.3 Å². The van der Waals surface area contributed by atoms with E-state index >= 15 is 0 Å². The number of furan rings is 1. The summed E-state index contributed by atoms with van der Waals surface area (Å²) in [5, 5.41) is 8.53. The SMILES string of the molecule is Cl.O=C(c1cc(-c2ccco2)n(-c2ccc(Cl)cc2)n1)N1CCCNCC1. The number of amides is 1. The molecule has 8 heteroatoms. The highest BCUT2D eigenvalue weighted by Gasteiger charge is 2.23. The smallest absolute Gasteiger partial charge is 0.274 e. The van der Waals surface area contributed by atoms with Crippen molar-refractivity contribution in [3.05, 3.63) is 59.4 Å². The van der Waals surface area contributed by atoms with Crippen LogP contribution in [0.2, 0.25) is 5.02 Å². The van der Waals surface area contributed by atoms with Gasteiger partial charge in [0.1, 0.15) is 5.69 Å². The van der Waals surface area contributed by atoms with Crippen LogP contribution < -0.4 is 5.32 Å². The molecule has 0 atom stereocenters. The van der Waals surface area contributed by atoms with Gasteiger partial charge in [0.2, 0.25) is 0 Å². The molecule has 6 nitrogen and oxygen atoms in total. The fraction of sp³-hybridized carbons (Fsp3) is 0.263. The monoisotopic (exact) mass is 406 g/mol. The molecule has 0 spiro atoms. The third kappa shape index (κ3) is 4.18. The summed E-state index contributed by atoms with van der Waals surface area (Å²) in [5.41, 5.74) is 1.96. The lowest BCUT2D eigenvalue weighted by atomic mass is 10.2. The van der Waals surface area contributed by atoms with Gasteiger partial charge in [-0.25, -0.2) is 4.68 Å². The number of benzene rings is 1. The minimum Gasteiger partial charge on any atom is -0.463 e. The third-order valence-electron chi connectivity index (χ3n) is 4.40. The van der Waals surface area contributed by atoms with Gasteiger partial charge in [-0.3, -0.25) is 4.79 Å². The van der Waals surface area contributed by atoms with Gasteiger partial charge < -0.3 is 14.6 Å². The van der Waals surface area contributed by atoms with Crippen LogP contribution in [0.3, 0.4) is 0 Å². The lowest BCUT2D eigenvalue weighted by Gasteiger charge is -2.18. The van der Waals surface area contributed by atoms with Crippen LogP contribution in [0, 0.1) is 0 Å². The van der Waals surface area contributed by atoms with Gasteiger partial charge in [-0.05, 0) is 49.4 Å². The molecule has 0 radical (unpaired) electrons. The lowest BCUT2D eigenvalue weighted by molar-refractivity contribution is 0.0760. The Morgan fingerprint density at radius 3 is 2.70 bits per heavy atom. The number of aromatic nitrogens is 2. The van der Waals surface area contributed by atoms with E-state index in [0.717, 1.165) is 37.4 Å². The Morgan fingerprint density at radius 2 is 1.96 bits per heavy atom. The second-order valence-corrected chi connectivity index (χ2v) is 6.61. The van der Waals surface area contributed by atoms with Gasteiger partial charge in [-0.15, -0.1) is 12.4 Å². The molecule has 4 rings (SSSR count). The molecule has 142 valence electrons. The predicted molar refractivity (Wildman–Crippen MR) is 107 cm³/mol. The number of hydrogen-bond acceptors (Lipinski definition) is 4. The summed E-state index contributed by atoms with van der Waals surface area (Å²) in [6.07, 6.45) is 2.55. The first-order valence-corrected chi connectivity index (χ1v) is 9.00. The van der Waals surface area contributed by atoms with Crippen molar-refractivity contribution in [1.82, 2.24) is 20.0 Å². The maximum atomic E-state index is 12.9. The highest BCUT2D eigenvalue weighted by atomic mass is 35.5. The summed E-state index contributed by atoms with van der Waals surface area (Å²) in [6.45, 7) is 3.15. The van der Waals surface area contributed by atoms with Gasteiger partial charge in [0.05, 0.1) is 12.0 Å². The van der Waals surface area contributed by atoms with Crippen molar-refractivity contribution in [2.24, 2.45) is 0 Å². The zero-order valence-corrected chi connectivity index (χ0v) is 16.2. The van der Waals surface area contributed by atoms with Gasteiger partial charge in [0, 0.05) is 30.7 Å². The van der Waals surface area contributed by atoms with E-state index in [-0.39, 0.29) is 18.3 Å². The zero-order valence-electron chi connectivity index (χ0n) is 14.6. The summed E-state index contributed by atoms with van der Waals surface area (Å²) in [6, 6.07) is 12.8. The first kappa shape index (κ1) is 19.5. The quantitative estimate of drug-likeness (QED) is 0.720. The standard InChI is InChI=1S/C19H19ClN4O2.ClH/c20-14-4-6-15(7-5-14)24-17(18-3-1-12-26-18)13-16(22-24)19(25)23-10-2-8-21-9-11-23;/h1,3-7,12-13,21H,2,8-11H2;1H. The summed E-state index contributed by atoms with van der Waals surface area (Å²) in [5.74, 6) is 0.596. The molecule has 1 N–H and O–H groups in total. The number of rotatable bonds is 3. The Labute approximate surface area is 168 Å². The van der Waals surface area contributed by atoms with Crippen molar-refractivity contribution in [2.45, 2.75) is 6.42 Å². The molecule has 3 heterocycles. The Balaban J connectivity index is 0.00000210. The van der Waals surface area contributed by atoms with Crippen LogP contribution in [0.4, 0.5) is 0 Å². The summed E-state index contributed by atoms with van der Waals surface area (Å²) >= 11 is 6.00. The first-order valence-electron chi connectivity index (χ1n) is 8.62. The second-order valence-electron chi connectivity index (χ2n) is 6.18. The van der Waals surface area contributed by atoms with E-state index in [9.17, 15) is 4.79 Å². The minimum atomic E-state index is -0.0609. The number of hydrogen-bond donors (Lipinski definition) is 1. The second kappa shape index (κ2) is 8.61. The van der Waals surface area contributed by atoms with Crippen LogP contribution in [-0.4, -0.2) is 46.8 Å². The van der Waals surface area contributed by atoms with Crippen molar-refractivity contribution in [3.8, 4) is 17.1 Å². The molecule has 0 unspecified atom stereocenters. The Bertz CT molecular complexity index is 883. The minimum absolute atomic E-state index is 0. The van der Waals surface area contributed by atoms with Crippen LogP contribution in [0.1, 0.15) is 16.9 Å². The van der Waals surface area contributed by atoms with Gasteiger partial charge in [0.25, 0.3) is 5.91 Å². The van der Waals surface area contributed by atoms with E-state index in [2.05, 4.69) is 10.4 Å². The van der Waals surface area contributed by atoms with Crippen LogP contribution >= 0.6 is 24.0 Å². The van der Waals surface area contributed by atoms with Gasteiger partial charge in [0.15, 0.2) is 11.5 Å². The van der Waals surface area contributed by atoms with Gasteiger partial charge in [-0.1, -0.05) is 11.6 Å². The summed E-state index contributed by atoms with van der Waals surface area (Å²) < 4.78 is 7.26. The van der Waals surface area contributed by atoms with E-state index in [1.165, 1.54) is 0 Å². The molecule has 0 aliphatic carbocycles. The Morgan fingerprint density at radius 1 is 1.15 bits per heavy atom. The number of nitrogens with zero attached hydrogens (tertiary/aromatic N) is 3. The summed E-state index contributed by atoms with van der Waals surface area (Å²) in [7, 11) is 0. The van der Waals surface area contributed by atoms with Crippen molar-refractivity contribution in [2.75, 3.05) is 26.2 Å². The van der Waals surface area contributed by atoms with Crippen LogP contribution in [-0.2, 0) is 0 Å². The number of nitrogens with one attached hydrogen (secondary N) is 1. The van der Waals surface area contributed by atoms with Crippen molar-refractivity contribution < 1.29 is 9.21 Å². The number of carbonyl (C=O) groups excluding carboxylic acids is 1. The van der Waals surface area contributed by atoms with Crippen molar-refractivity contribution in [1.29, 1.82) is 0 Å². The van der Waals surface area contributed by atoms with Gasteiger partial charge >= 0.3 is 0 Å². The Kier molecular flexibility index (Phi) is 6.21. The molecular weight excluding hydrogens is 387 g/mol. The van der Waals surface area contributed by atoms with Crippen molar-refractivity contribution in [3.63, 3.8) is 0 Å². The van der Waals surface area contributed by atoms with E-state index < -0.39 is 0 Å². The first-order chi connectivity index (χ1) is 12.7. The molecule has 0 saturated carbocycles. The molecule has 1 aliphatic heterocycles. The fourth-order valence-electron chi connectivity index (χ4n) is 3.08. The van der Waals surface area contributed by atoms with Crippen molar-refractivity contribution >= 4 is 29.9 Å². The Hall–Kier alpha value is -2.28. The molecule has 1 aromatic carbocycles. The van der Waals surface area contributed by atoms with E-state index in [1.54, 1.807) is 29.1 Å². The molecule has 1 aliphatic rings. The molecule has 2 aromatic heterocycles. The third-order valence-corrected chi connectivity index (χ3v) is 4.65. The normalized spacial score (nSPS) is 14.5. The van der Waals surface area contributed by atoms with Gasteiger partial charge in [-0.2, -0.15) is 5.10 Å². The number of carbonyl (C=O) groups is 1. The lowest BCUT2D eigenvalue weighted by Crippen LogP contribution is -2.34. The fourth-order valence-corrected chi connectivity index (χ4v) is 3.20. The van der Waals surface area contributed by atoms with E-state index in [1.807, 2.05) is 29.2 Å². The molecule has 1 saturated heterocycles. The number of halogens is 2. The maximum Gasteiger partial charge on any atom is 0.274 e. The van der Waals surface area contributed by atoms with E-state index in [0.29, 0.717) is 23.0 Å². The van der Waals surface area contributed by atoms with E-state index in [4.69, 9.17) is 16.0 Å².